The molecular formula is C19H26ClN4O+. The largest absolute Gasteiger partial charge is 0.378 e. The van der Waals surface area contributed by atoms with Crippen molar-refractivity contribution in [2.45, 2.75) is 6.04 Å². The Morgan fingerprint density at radius 1 is 1.16 bits per heavy atom. The minimum Gasteiger partial charge on any atom is -0.378 e. The summed E-state index contributed by atoms with van der Waals surface area (Å²) >= 11 is 5.93. The summed E-state index contributed by atoms with van der Waals surface area (Å²) in [6, 6.07) is 15.4. The second-order valence-corrected chi connectivity index (χ2v) is 6.90. The SMILES string of the molecule is CN(C)c1ccc([C@H](CNC(=O)Nc2cccc(Cl)c2)[NH+](C)C)cc1. The smallest absolute Gasteiger partial charge is 0.319 e. The van der Waals surface area contributed by atoms with Crippen LogP contribution < -0.4 is 20.4 Å². The van der Waals surface area contributed by atoms with Gasteiger partial charge >= 0.3 is 6.03 Å². The number of anilines is 2. The number of halogens is 1. The van der Waals surface area contributed by atoms with E-state index in [9.17, 15) is 4.79 Å². The second kappa shape index (κ2) is 8.74. The summed E-state index contributed by atoms with van der Waals surface area (Å²) < 4.78 is 0. The molecule has 0 spiro atoms. The van der Waals surface area contributed by atoms with Crippen molar-refractivity contribution in [2.24, 2.45) is 0 Å². The van der Waals surface area contributed by atoms with Crippen molar-refractivity contribution < 1.29 is 9.69 Å². The highest BCUT2D eigenvalue weighted by molar-refractivity contribution is 6.30. The third-order valence-electron chi connectivity index (χ3n) is 4.06. The standard InChI is InChI=1S/C19H25ClN4O/c1-23(2)17-10-8-14(9-11-17)18(24(3)4)13-21-19(25)22-16-7-5-6-15(20)12-16/h5-12,18H,13H2,1-4H3,(H2,21,22,25)/p+1/t18-/m0/s1. The number of nitrogens with one attached hydrogen (secondary N) is 3. The molecule has 134 valence electrons. The Balaban J connectivity index is 1.98. The topological polar surface area (TPSA) is 48.8 Å². The molecule has 0 radical (unpaired) electrons. The molecule has 2 aromatic carbocycles. The average Bonchev–Trinajstić information content (AvgIpc) is 2.55. The summed E-state index contributed by atoms with van der Waals surface area (Å²) in [5.41, 5.74) is 3.02. The molecule has 0 saturated heterocycles. The number of carbonyl (C=O) groups excluding carboxylic acids is 1. The number of benzene rings is 2. The van der Waals surface area contributed by atoms with Gasteiger partial charge in [-0.1, -0.05) is 29.8 Å². The van der Waals surface area contributed by atoms with Gasteiger partial charge in [0.05, 0.1) is 20.6 Å². The van der Waals surface area contributed by atoms with Crippen molar-refractivity contribution in [3.05, 3.63) is 59.1 Å². The van der Waals surface area contributed by atoms with Gasteiger partial charge in [-0.25, -0.2) is 4.79 Å². The zero-order valence-electron chi connectivity index (χ0n) is 15.1. The van der Waals surface area contributed by atoms with Gasteiger partial charge in [0.1, 0.15) is 6.04 Å². The van der Waals surface area contributed by atoms with Gasteiger partial charge < -0.3 is 20.4 Å². The van der Waals surface area contributed by atoms with Crippen LogP contribution in [0, 0.1) is 0 Å². The number of rotatable bonds is 6. The zero-order valence-corrected chi connectivity index (χ0v) is 15.9. The predicted octanol–water partition coefficient (Wildman–Crippen LogP) is 2.41. The van der Waals surface area contributed by atoms with Crippen LogP contribution in [0.25, 0.3) is 0 Å². The predicted molar refractivity (Wildman–Crippen MR) is 105 cm³/mol. The molecule has 2 amide bonds. The first-order chi connectivity index (χ1) is 11.9. The van der Waals surface area contributed by atoms with Gasteiger partial charge in [-0.15, -0.1) is 0 Å². The fourth-order valence-electron chi connectivity index (χ4n) is 2.60. The number of hydrogen-bond donors (Lipinski definition) is 3. The Hall–Kier alpha value is -2.24. The minimum absolute atomic E-state index is 0.168. The maximum Gasteiger partial charge on any atom is 0.319 e. The van der Waals surface area contributed by atoms with Crippen LogP contribution in [-0.4, -0.2) is 40.8 Å². The maximum atomic E-state index is 12.1. The van der Waals surface area contributed by atoms with E-state index in [2.05, 4.69) is 53.9 Å². The highest BCUT2D eigenvalue weighted by Gasteiger charge is 2.19. The summed E-state index contributed by atoms with van der Waals surface area (Å²) in [5.74, 6) is 0. The van der Waals surface area contributed by atoms with E-state index in [0.717, 1.165) is 5.69 Å². The van der Waals surface area contributed by atoms with Crippen molar-refractivity contribution in [3.63, 3.8) is 0 Å². The van der Waals surface area contributed by atoms with Crippen LogP contribution >= 0.6 is 11.6 Å². The molecule has 0 heterocycles. The van der Waals surface area contributed by atoms with Crippen LogP contribution in [0.1, 0.15) is 11.6 Å². The molecule has 0 aliphatic rings. The molecule has 6 heteroatoms. The number of hydrogen-bond acceptors (Lipinski definition) is 2. The summed E-state index contributed by atoms with van der Waals surface area (Å²) in [6.45, 7) is 0.538. The van der Waals surface area contributed by atoms with Gasteiger partial charge in [0.25, 0.3) is 0 Å². The molecule has 0 bridgehead atoms. The van der Waals surface area contributed by atoms with E-state index in [-0.39, 0.29) is 12.1 Å². The van der Waals surface area contributed by atoms with Crippen molar-refractivity contribution in [2.75, 3.05) is 45.0 Å². The molecule has 0 fully saturated rings. The molecule has 0 unspecified atom stereocenters. The molecule has 0 aliphatic carbocycles. The van der Waals surface area contributed by atoms with Crippen molar-refractivity contribution in [1.82, 2.24) is 5.32 Å². The molecule has 2 rings (SSSR count). The lowest BCUT2D eigenvalue weighted by atomic mass is 10.1. The number of likely N-dealkylation sites (N-methyl/N-ethyl adjacent to an activating group) is 1. The van der Waals surface area contributed by atoms with E-state index in [1.807, 2.05) is 14.1 Å². The van der Waals surface area contributed by atoms with Crippen LogP contribution in [-0.2, 0) is 0 Å². The maximum absolute atomic E-state index is 12.1. The van der Waals surface area contributed by atoms with Crippen LogP contribution in [0.5, 0.6) is 0 Å². The van der Waals surface area contributed by atoms with Gasteiger partial charge in [-0.3, -0.25) is 0 Å². The van der Waals surface area contributed by atoms with Crippen LogP contribution in [0.15, 0.2) is 48.5 Å². The summed E-state index contributed by atoms with van der Waals surface area (Å²) in [6.07, 6.45) is 0. The van der Waals surface area contributed by atoms with Crippen molar-refractivity contribution in [1.29, 1.82) is 0 Å². The molecule has 0 aliphatic heterocycles. The monoisotopic (exact) mass is 361 g/mol. The van der Waals surface area contributed by atoms with Crippen LogP contribution in [0.2, 0.25) is 5.02 Å². The Kier molecular flexibility index (Phi) is 6.67. The van der Waals surface area contributed by atoms with E-state index >= 15 is 0 Å². The molecule has 0 saturated carbocycles. The highest BCUT2D eigenvalue weighted by atomic mass is 35.5. The summed E-state index contributed by atoms with van der Waals surface area (Å²) in [5, 5.41) is 6.34. The Labute approximate surface area is 154 Å². The molecule has 2 aromatic rings. The second-order valence-electron chi connectivity index (χ2n) is 6.46. The fourth-order valence-corrected chi connectivity index (χ4v) is 2.79. The molecule has 1 atom stereocenters. The Bertz CT molecular complexity index is 701. The van der Waals surface area contributed by atoms with E-state index in [4.69, 9.17) is 11.6 Å². The quantitative estimate of drug-likeness (QED) is 0.740. The number of carbonyl (C=O) groups is 1. The first-order valence-corrected chi connectivity index (χ1v) is 8.62. The third-order valence-corrected chi connectivity index (χ3v) is 4.29. The molecule has 0 aromatic heterocycles. The van der Waals surface area contributed by atoms with Crippen molar-refractivity contribution in [3.8, 4) is 0 Å². The first kappa shape index (κ1) is 19.1. The molecule has 5 nitrogen and oxygen atoms in total. The van der Waals surface area contributed by atoms with Gasteiger partial charge in [0, 0.05) is 36.1 Å². The van der Waals surface area contributed by atoms with E-state index in [1.165, 1.54) is 10.5 Å². The van der Waals surface area contributed by atoms with E-state index < -0.39 is 0 Å². The number of quaternary nitrogens is 1. The molecule has 25 heavy (non-hydrogen) atoms. The minimum atomic E-state index is -0.238. The van der Waals surface area contributed by atoms with Crippen LogP contribution in [0.4, 0.5) is 16.2 Å². The average molecular weight is 362 g/mol. The van der Waals surface area contributed by atoms with Gasteiger partial charge in [0.2, 0.25) is 0 Å². The van der Waals surface area contributed by atoms with Gasteiger partial charge in [-0.2, -0.15) is 0 Å². The first-order valence-electron chi connectivity index (χ1n) is 8.24. The molecular weight excluding hydrogens is 336 g/mol. The molecule has 3 N–H and O–H groups in total. The number of urea groups is 1. The number of amides is 2. The normalized spacial score (nSPS) is 11.9. The third kappa shape index (κ3) is 5.66. The van der Waals surface area contributed by atoms with Crippen LogP contribution in [0.3, 0.4) is 0 Å². The van der Waals surface area contributed by atoms with Gasteiger partial charge in [-0.05, 0) is 30.3 Å². The Morgan fingerprint density at radius 2 is 1.84 bits per heavy atom. The van der Waals surface area contributed by atoms with E-state index in [0.29, 0.717) is 17.3 Å². The lowest BCUT2D eigenvalue weighted by Gasteiger charge is -2.23. The lowest BCUT2D eigenvalue weighted by Crippen LogP contribution is -3.07. The zero-order chi connectivity index (χ0) is 18.4. The lowest BCUT2D eigenvalue weighted by molar-refractivity contribution is -0.890. The Morgan fingerprint density at radius 3 is 2.40 bits per heavy atom. The number of nitrogens with zero attached hydrogens (tertiary/aromatic N) is 1. The van der Waals surface area contributed by atoms with E-state index in [1.54, 1.807) is 24.3 Å². The van der Waals surface area contributed by atoms with Crippen molar-refractivity contribution >= 4 is 29.0 Å². The van der Waals surface area contributed by atoms with Gasteiger partial charge in [0.15, 0.2) is 0 Å². The summed E-state index contributed by atoms with van der Waals surface area (Å²) in [4.78, 5) is 15.5. The fraction of sp³-hybridized carbons (Fsp3) is 0.316. The highest BCUT2D eigenvalue weighted by Crippen LogP contribution is 2.17. The summed E-state index contributed by atoms with van der Waals surface area (Å²) in [7, 11) is 8.21.